The molecular weight excluding hydrogens is 346 g/mol. The smallest absolute Gasteiger partial charge is 0.120 e. The van der Waals surface area contributed by atoms with Crippen LogP contribution in [0.25, 0.3) is 0 Å². The van der Waals surface area contributed by atoms with Gasteiger partial charge in [-0.15, -0.1) is 0 Å². The number of furan rings is 1. The quantitative estimate of drug-likeness (QED) is 0.535. The van der Waals surface area contributed by atoms with E-state index >= 15 is 0 Å². The lowest BCUT2D eigenvalue weighted by atomic mass is 9.82. The summed E-state index contributed by atoms with van der Waals surface area (Å²) in [6.45, 7) is 0. The normalized spacial score (nSPS) is 18.5. The highest BCUT2D eigenvalue weighted by Gasteiger charge is 2.32. The first-order chi connectivity index (χ1) is 13.8. The molecule has 0 unspecified atom stereocenters. The lowest BCUT2D eigenvalue weighted by Crippen LogP contribution is -2.35. The summed E-state index contributed by atoms with van der Waals surface area (Å²) in [5, 5.41) is 15.1. The van der Waals surface area contributed by atoms with Crippen molar-refractivity contribution in [3.63, 3.8) is 0 Å². The molecule has 0 radical (unpaired) electrons. The fourth-order valence-electron chi connectivity index (χ4n) is 4.45. The molecule has 2 aromatic carbocycles. The zero-order valence-electron chi connectivity index (χ0n) is 16.2. The van der Waals surface area contributed by atoms with Gasteiger partial charge in [-0.1, -0.05) is 79.9 Å². The third-order valence-corrected chi connectivity index (χ3v) is 5.95. The summed E-state index contributed by atoms with van der Waals surface area (Å²) >= 11 is 0. The Morgan fingerprint density at radius 2 is 1.43 bits per heavy atom. The van der Waals surface area contributed by atoms with Crippen LogP contribution in [0.3, 0.4) is 0 Å². The summed E-state index contributed by atoms with van der Waals surface area (Å²) in [6.07, 6.45) is 7.35. The number of hydrogen-bond acceptors (Lipinski definition) is 3. The second kappa shape index (κ2) is 9.22. The van der Waals surface area contributed by atoms with Crippen molar-refractivity contribution >= 4 is 0 Å². The van der Waals surface area contributed by atoms with Gasteiger partial charge in [0.2, 0.25) is 0 Å². The van der Waals surface area contributed by atoms with Crippen LogP contribution in [0, 0.1) is 5.92 Å². The number of aliphatic hydroxyl groups is 1. The van der Waals surface area contributed by atoms with E-state index in [4.69, 9.17) is 4.42 Å². The van der Waals surface area contributed by atoms with E-state index in [9.17, 15) is 5.11 Å². The molecule has 0 aliphatic heterocycles. The summed E-state index contributed by atoms with van der Waals surface area (Å²) in [5.74, 6) is 1.49. The van der Waals surface area contributed by atoms with Crippen LogP contribution in [-0.4, -0.2) is 5.11 Å². The number of rotatable bonds is 7. The lowest BCUT2D eigenvalue weighted by molar-refractivity contribution is 0.106. The molecule has 146 valence electrons. The van der Waals surface area contributed by atoms with Crippen molar-refractivity contribution in [2.24, 2.45) is 5.92 Å². The summed E-state index contributed by atoms with van der Waals surface area (Å²) in [5.41, 5.74) is 2.01. The van der Waals surface area contributed by atoms with Crippen molar-refractivity contribution in [2.45, 2.75) is 50.3 Å². The van der Waals surface area contributed by atoms with Gasteiger partial charge in [-0.2, -0.15) is 0 Å². The number of benzene rings is 2. The third-order valence-electron chi connectivity index (χ3n) is 5.95. The Kier molecular flexibility index (Phi) is 6.25. The Hall–Kier alpha value is -2.36. The Labute approximate surface area is 167 Å². The van der Waals surface area contributed by atoms with E-state index in [1.807, 2.05) is 54.6 Å². The highest BCUT2D eigenvalue weighted by atomic mass is 16.3. The van der Waals surface area contributed by atoms with Gasteiger partial charge in [-0.3, -0.25) is 5.32 Å². The highest BCUT2D eigenvalue weighted by molar-refractivity contribution is 5.27. The van der Waals surface area contributed by atoms with Gasteiger partial charge < -0.3 is 9.52 Å². The number of nitrogens with one attached hydrogen (secondary N) is 1. The van der Waals surface area contributed by atoms with Crippen molar-refractivity contribution in [3.05, 3.63) is 95.9 Å². The minimum Gasteiger partial charge on any atom is -0.468 e. The van der Waals surface area contributed by atoms with Gasteiger partial charge in [-0.25, -0.2) is 0 Å². The van der Waals surface area contributed by atoms with Crippen molar-refractivity contribution < 1.29 is 9.52 Å². The molecule has 4 rings (SSSR count). The second-order valence-corrected chi connectivity index (χ2v) is 7.80. The standard InChI is InChI=1S/C25H29NO2/c27-25(21-15-8-3-9-16-21)24(20-13-6-2-7-14-20)26-23(22-17-10-18-28-22)19-11-4-1-5-12-19/h2-3,6-10,13-19,23-27H,1,4-5,11-12H2/t23-,24-,25+/m1/s1. The molecule has 0 amide bonds. The SMILES string of the molecule is O[C@@H](c1ccccc1)[C@H](N[C@@H](c1ccco1)C1CCCCC1)c1ccccc1. The first-order valence-corrected chi connectivity index (χ1v) is 10.4. The average molecular weight is 376 g/mol. The molecule has 0 saturated heterocycles. The fourth-order valence-corrected chi connectivity index (χ4v) is 4.45. The third kappa shape index (κ3) is 4.37. The summed E-state index contributed by atoms with van der Waals surface area (Å²) < 4.78 is 5.83. The van der Waals surface area contributed by atoms with Crippen LogP contribution in [0.1, 0.15) is 67.2 Å². The predicted octanol–water partition coefficient (Wildman–Crippen LogP) is 5.97. The molecule has 1 aliphatic carbocycles. The lowest BCUT2D eigenvalue weighted by Gasteiger charge is -2.35. The molecule has 0 spiro atoms. The molecule has 1 fully saturated rings. The average Bonchev–Trinajstić information content (AvgIpc) is 3.30. The summed E-state index contributed by atoms with van der Waals surface area (Å²) in [7, 11) is 0. The Bertz CT molecular complexity index is 810. The molecule has 1 aromatic heterocycles. The van der Waals surface area contributed by atoms with Crippen LogP contribution in [-0.2, 0) is 0 Å². The molecular formula is C25H29NO2. The molecule has 3 atom stereocenters. The monoisotopic (exact) mass is 375 g/mol. The van der Waals surface area contributed by atoms with Gasteiger partial charge in [0.25, 0.3) is 0 Å². The van der Waals surface area contributed by atoms with Crippen molar-refractivity contribution in [3.8, 4) is 0 Å². The first kappa shape index (κ1) is 19.0. The van der Waals surface area contributed by atoms with E-state index in [2.05, 4.69) is 23.5 Å². The van der Waals surface area contributed by atoms with Gasteiger partial charge >= 0.3 is 0 Å². The van der Waals surface area contributed by atoms with Gasteiger partial charge in [0.05, 0.1) is 24.5 Å². The van der Waals surface area contributed by atoms with Crippen molar-refractivity contribution in [1.82, 2.24) is 5.32 Å². The maximum atomic E-state index is 11.3. The van der Waals surface area contributed by atoms with Gasteiger partial charge in [0.1, 0.15) is 5.76 Å². The highest BCUT2D eigenvalue weighted by Crippen LogP contribution is 2.38. The minimum atomic E-state index is -0.635. The molecule has 0 bridgehead atoms. The molecule has 3 aromatic rings. The number of aliphatic hydroxyl groups excluding tert-OH is 1. The molecule has 2 N–H and O–H groups in total. The van der Waals surface area contributed by atoms with E-state index in [1.165, 1.54) is 32.1 Å². The van der Waals surface area contributed by atoms with Gasteiger partial charge in [0.15, 0.2) is 0 Å². The van der Waals surface area contributed by atoms with Crippen LogP contribution < -0.4 is 5.32 Å². The Morgan fingerprint density at radius 1 is 0.786 bits per heavy atom. The topological polar surface area (TPSA) is 45.4 Å². The fraction of sp³-hybridized carbons (Fsp3) is 0.360. The van der Waals surface area contributed by atoms with E-state index in [-0.39, 0.29) is 12.1 Å². The zero-order valence-corrected chi connectivity index (χ0v) is 16.2. The number of hydrogen-bond donors (Lipinski definition) is 2. The Balaban J connectivity index is 1.66. The molecule has 3 nitrogen and oxygen atoms in total. The van der Waals surface area contributed by atoms with Crippen LogP contribution in [0.2, 0.25) is 0 Å². The predicted molar refractivity (Wildman–Crippen MR) is 112 cm³/mol. The first-order valence-electron chi connectivity index (χ1n) is 10.4. The van der Waals surface area contributed by atoms with Crippen molar-refractivity contribution in [2.75, 3.05) is 0 Å². The van der Waals surface area contributed by atoms with Crippen LogP contribution in [0.15, 0.2) is 83.5 Å². The maximum Gasteiger partial charge on any atom is 0.120 e. The van der Waals surface area contributed by atoms with Gasteiger partial charge in [0, 0.05) is 0 Å². The molecule has 1 aliphatic rings. The molecule has 1 saturated carbocycles. The van der Waals surface area contributed by atoms with E-state index < -0.39 is 6.10 Å². The zero-order chi connectivity index (χ0) is 19.2. The molecule has 1 heterocycles. The van der Waals surface area contributed by atoms with Crippen molar-refractivity contribution in [1.29, 1.82) is 0 Å². The maximum absolute atomic E-state index is 11.3. The van der Waals surface area contributed by atoms with Crippen LogP contribution in [0.4, 0.5) is 0 Å². The summed E-state index contributed by atoms with van der Waals surface area (Å²) in [6, 6.07) is 24.1. The van der Waals surface area contributed by atoms with E-state index in [0.29, 0.717) is 5.92 Å². The van der Waals surface area contributed by atoms with Gasteiger partial charge in [-0.05, 0) is 42.0 Å². The molecule has 28 heavy (non-hydrogen) atoms. The minimum absolute atomic E-state index is 0.0962. The van der Waals surface area contributed by atoms with E-state index in [0.717, 1.165) is 16.9 Å². The Morgan fingerprint density at radius 3 is 2.04 bits per heavy atom. The molecule has 3 heteroatoms. The summed E-state index contributed by atoms with van der Waals surface area (Å²) in [4.78, 5) is 0. The van der Waals surface area contributed by atoms with E-state index in [1.54, 1.807) is 6.26 Å². The van der Waals surface area contributed by atoms with Crippen LogP contribution in [0.5, 0.6) is 0 Å². The largest absolute Gasteiger partial charge is 0.468 e. The second-order valence-electron chi connectivity index (χ2n) is 7.80. The van der Waals surface area contributed by atoms with Crippen LogP contribution >= 0.6 is 0 Å².